The van der Waals surface area contributed by atoms with Crippen LogP contribution in [0.3, 0.4) is 0 Å². The number of nitrogens with two attached hydrogens (primary N) is 2. The molecule has 2 atom stereocenters. The van der Waals surface area contributed by atoms with E-state index in [-0.39, 0.29) is 36.2 Å². The fourth-order valence-corrected chi connectivity index (χ4v) is 2.77. The van der Waals surface area contributed by atoms with Crippen molar-refractivity contribution in [3.8, 4) is 0 Å². The first-order chi connectivity index (χ1) is 9.49. The van der Waals surface area contributed by atoms with Crippen molar-refractivity contribution < 1.29 is 9.59 Å². The highest BCUT2D eigenvalue weighted by atomic mass is 35.5. The Morgan fingerprint density at radius 3 is 2.57 bits per heavy atom. The van der Waals surface area contributed by atoms with Crippen LogP contribution < -0.4 is 16.8 Å². The van der Waals surface area contributed by atoms with E-state index in [1.807, 2.05) is 13.0 Å². The van der Waals surface area contributed by atoms with Gasteiger partial charge in [0.05, 0.1) is 5.92 Å². The molecule has 1 fully saturated rings. The standard InChI is InChI=1S/C15H21N3O2.ClH/c1-9-6-7-10(16)8-12(9)15(20)18-13-5-3-2-4-11(13)14(17)19;/h6-8,11,13H,2-5,16H2,1H3,(H2,17,19)(H,18,20);1H. The summed E-state index contributed by atoms with van der Waals surface area (Å²) in [6, 6.07) is 5.07. The minimum Gasteiger partial charge on any atom is -0.399 e. The minimum absolute atomic E-state index is 0. The zero-order valence-corrected chi connectivity index (χ0v) is 12.9. The average molecular weight is 312 g/mol. The Labute approximate surface area is 130 Å². The third-order valence-electron chi connectivity index (χ3n) is 3.95. The molecule has 2 unspecified atom stereocenters. The number of anilines is 1. The Morgan fingerprint density at radius 2 is 1.90 bits per heavy atom. The van der Waals surface area contributed by atoms with Crippen molar-refractivity contribution in [3.63, 3.8) is 0 Å². The number of carbonyl (C=O) groups is 2. The molecule has 0 spiro atoms. The maximum absolute atomic E-state index is 12.3. The number of benzene rings is 1. The number of amides is 2. The molecule has 1 aliphatic carbocycles. The van der Waals surface area contributed by atoms with Gasteiger partial charge >= 0.3 is 0 Å². The van der Waals surface area contributed by atoms with Gasteiger partial charge in [-0.05, 0) is 37.5 Å². The fourth-order valence-electron chi connectivity index (χ4n) is 2.77. The molecule has 21 heavy (non-hydrogen) atoms. The summed E-state index contributed by atoms with van der Waals surface area (Å²) in [5.41, 5.74) is 13.1. The molecule has 5 N–H and O–H groups in total. The molecule has 1 aromatic rings. The monoisotopic (exact) mass is 311 g/mol. The molecule has 0 aliphatic heterocycles. The van der Waals surface area contributed by atoms with Crippen LogP contribution >= 0.6 is 12.4 Å². The summed E-state index contributed by atoms with van der Waals surface area (Å²) < 4.78 is 0. The first kappa shape index (κ1) is 17.3. The highest BCUT2D eigenvalue weighted by molar-refractivity contribution is 5.97. The molecule has 0 saturated heterocycles. The maximum Gasteiger partial charge on any atom is 0.251 e. The molecule has 1 saturated carbocycles. The summed E-state index contributed by atoms with van der Waals surface area (Å²) in [7, 11) is 0. The predicted molar refractivity (Wildman–Crippen MR) is 85.2 cm³/mol. The zero-order valence-electron chi connectivity index (χ0n) is 12.1. The lowest BCUT2D eigenvalue weighted by Crippen LogP contribution is -2.47. The topological polar surface area (TPSA) is 98.2 Å². The number of hydrogen-bond donors (Lipinski definition) is 3. The lowest BCUT2D eigenvalue weighted by Gasteiger charge is -2.30. The van der Waals surface area contributed by atoms with Crippen molar-refractivity contribution in [1.82, 2.24) is 5.32 Å². The van der Waals surface area contributed by atoms with Crippen molar-refractivity contribution in [2.24, 2.45) is 11.7 Å². The van der Waals surface area contributed by atoms with Gasteiger partial charge < -0.3 is 16.8 Å². The molecule has 0 aromatic heterocycles. The third kappa shape index (κ3) is 4.11. The van der Waals surface area contributed by atoms with Crippen LogP contribution in [-0.2, 0) is 4.79 Å². The van der Waals surface area contributed by atoms with E-state index >= 15 is 0 Å². The van der Waals surface area contributed by atoms with Crippen LogP contribution in [0.5, 0.6) is 0 Å². The summed E-state index contributed by atoms with van der Waals surface area (Å²) in [5.74, 6) is -0.790. The molecule has 5 nitrogen and oxygen atoms in total. The number of rotatable bonds is 3. The number of hydrogen-bond acceptors (Lipinski definition) is 3. The van der Waals surface area contributed by atoms with Gasteiger partial charge in [-0.1, -0.05) is 18.9 Å². The number of carbonyl (C=O) groups excluding carboxylic acids is 2. The molecule has 1 aliphatic rings. The van der Waals surface area contributed by atoms with Crippen LogP contribution in [0, 0.1) is 12.8 Å². The van der Waals surface area contributed by atoms with Gasteiger partial charge in [0.2, 0.25) is 5.91 Å². The van der Waals surface area contributed by atoms with Gasteiger partial charge in [0, 0.05) is 17.3 Å². The maximum atomic E-state index is 12.3. The van der Waals surface area contributed by atoms with E-state index in [1.54, 1.807) is 12.1 Å². The van der Waals surface area contributed by atoms with Gasteiger partial charge in [-0.3, -0.25) is 9.59 Å². The molecule has 0 heterocycles. The second-order valence-corrected chi connectivity index (χ2v) is 5.45. The molecule has 0 radical (unpaired) electrons. The molecule has 2 amide bonds. The average Bonchev–Trinajstić information content (AvgIpc) is 2.41. The first-order valence-electron chi connectivity index (χ1n) is 6.95. The lowest BCUT2D eigenvalue weighted by molar-refractivity contribution is -0.123. The minimum atomic E-state index is -0.334. The summed E-state index contributed by atoms with van der Waals surface area (Å²) in [6.07, 6.45) is 3.53. The van der Waals surface area contributed by atoms with Gasteiger partial charge in [-0.25, -0.2) is 0 Å². The Kier molecular flexibility index (Phi) is 6.03. The van der Waals surface area contributed by atoms with Crippen LogP contribution in [0.2, 0.25) is 0 Å². The highest BCUT2D eigenvalue weighted by Gasteiger charge is 2.30. The second-order valence-electron chi connectivity index (χ2n) is 5.45. The lowest BCUT2D eigenvalue weighted by atomic mass is 9.84. The number of nitrogen functional groups attached to an aromatic ring is 1. The van der Waals surface area contributed by atoms with Crippen molar-refractivity contribution in [1.29, 1.82) is 0 Å². The summed E-state index contributed by atoms with van der Waals surface area (Å²) >= 11 is 0. The first-order valence-corrected chi connectivity index (χ1v) is 6.95. The van der Waals surface area contributed by atoms with Gasteiger partial charge in [0.1, 0.15) is 0 Å². The number of halogens is 1. The van der Waals surface area contributed by atoms with Crippen molar-refractivity contribution >= 4 is 29.9 Å². The van der Waals surface area contributed by atoms with Crippen LogP contribution in [0.15, 0.2) is 18.2 Å². The molecule has 2 rings (SSSR count). The summed E-state index contributed by atoms with van der Waals surface area (Å²) in [5, 5.41) is 2.94. The van der Waals surface area contributed by atoms with Crippen LogP contribution in [0.25, 0.3) is 0 Å². The summed E-state index contributed by atoms with van der Waals surface area (Å²) in [4.78, 5) is 23.8. The van der Waals surface area contributed by atoms with Gasteiger partial charge in [0.15, 0.2) is 0 Å². The van der Waals surface area contributed by atoms with E-state index in [1.165, 1.54) is 0 Å². The van der Waals surface area contributed by atoms with Gasteiger partial charge in [-0.2, -0.15) is 0 Å². The fraction of sp³-hybridized carbons (Fsp3) is 0.467. The number of nitrogens with one attached hydrogen (secondary N) is 1. The largest absolute Gasteiger partial charge is 0.399 e. The van der Waals surface area contributed by atoms with Gasteiger partial charge in [0.25, 0.3) is 5.91 Å². The van der Waals surface area contributed by atoms with E-state index in [2.05, 4.69) is 5.32 Å². The second kappa shape index (κ2) is 7.31. The van der Waals surface area contributed by atoms with E-state index in [9.17, 15) is 9.59 Å². The third-order valence-corrected chi connectivity index (χ3v) is 3.95. The molecule has 1 aromatic carbocycles. The van der Waals surface area contributed by atoms with Crippen LogP contribution in [0.4, 0.5) is 5.69 Å². The molecular formula is C15H22ClN3O2. The predicted octanol–water partition coefficient (Wildman–Crippen LogP) is 1.77. The van der Waals surface area contributed by atoms with E-state index in [0.717, 1.165) is 31.2 Å². The Morgan fingerprint density at radius 1 is 1.24 bits per heavy atom. The summed E-state index contributed by atoms with van der Waals surface area (Å²) in [6.45, 7) is 1.86. The Balaban J connectivity index is 0.00000220. The quantitative estimate of drug-likeness (QED) is 0.742. The van der Waals surface area contributed by atoms with E-state index in [0.29, 0.717) is 11.3 Å². The number of primary amides is 1. The van der Waals surface area contributed by atoms with Gasteiger partial charge in [-0.15, -0.1) is 12.4 Å². The van der Waals surface area contributed by atoms with Crippen molar-refractivity contribution in [2.45, 2.75) is 38.6 Å². The Hall–Kier alpha value is -1.75. The van der Waals surface area contributed by atoms with Crippen molar-refractivity contribution in [2.75, 3.05) is 5.73 Å². The molecule has 116 valence electrons. The highest BCUT2D eigenvalue weighted by Crippen LogP contribution is 2.25. The van der Waals surface area contributed by atoms with Crippen molar-refractivity contribution in [3.05, 3.63) is 29.3 Å². The number of aryl methyl sites for hydroxylation is 1. The molecular weight excluding hydrogens is 290 g/mol. The Bertz CT molecular complexity index is 534. The zero-order chi connectivity index (χ0) is 14.7. The van der Waals surface area contributed by atoms with Crippen LogP contribution in [-0.4, -0.2) is 17.9 Å². The van der Waals surface area contributed by atoms with E-state index < -0.39 is 0 Å². The molecule has 6 heteroatoms. The van der Waals surface area contributed by atoms with Crippen LogP contribution in [0.1, 0.15) is 41.6 Å². The normalized spacial score (nSPS) is 21.2. The van der Waals surface area contributed by atoms with E-state index in [4.69, 9.17) is 11.5 Å². The molecule has 0 bridgehead atoms. The SMILES string of the molecule is Cc1ccc(N)cc1C(=O)NC1CCCCC1C(N)=O.Cl. The smallest absolute Gasteiger partial charge is 0.251 e.